The minimum absolute atomic E-state index is 0.0651. The normalized spacial score (nSPS) is 10.5. The molecule has 0 aromatic rings. The van der Waals surface area contributed by atoms with Gasteiger partial charge in [0.05, 0.1) is 19.3 Å². The van der Waals surface area contributed by atoms with Crippen LogP contribution in [0.1, 0.15) is 13.8 Å². The van der Waals surface area contributed by atoms with Gasteiger partial charge in [-0.15, -0.1) is 0 Å². The molecule has 0 unspecified atom stereocenters. The van der Waals surface area contributed by atoms with E-state index in [9.17, 15) is 9.59 Å². The molecule has 0 heterocycles. The van der Waals surface area contributed by atoms with E-state index in [0.717, 1.165) is 6.08 Å². The van der Waals surface area contributed by atoms with Gasteiger partial charge in [-0.2, -0.15) is 0 Å². The number of amides is 2. The van der Waals surface area contributed by atoms with Gasteiger partial charge >= 0.3 is 12.0 Å². The Morgan fingerprint density at radius 2 is 1.80 bits per heavy atom. The SMILES string of the molecule is CCOC(=O)C=C(NC(=O)NC)OCC. The number of rotatable bonds is 5. The average Bonchev–Trinajstić information content (AvgIpc) is 2.18. The Kier molecular flexibility index (Phi) is 6.78. The molecule has 0 rings (SSSR count). The fraction of sp³-hybridized carbons (Fsp3) is 0.556. The maximum absolute atomic E-state index is 11.0. The summed E-state index contributed by atoms with van der Waals surface area (Å²) in [5.41, 5.74) is 0. The zero-order valence-electron chi connectivity index (χ0n) is 9.12. The van der Waals surface area contributed by atoms with Gasteiger partial charge in [0.25, 0.3) is 0 Å². The van der Waals surface area contributed by atoms with Gasteiger partial charge in [0.2, 0.25) is 5.88 Å². The Balaban J connectivity index is 4.35. The molecule has 0 aliphatic heterocycles. The fourth-order valence-electron chi connectivity index (χ4n) is 0.735. The molecule has 6 heteroatoms. The van der Waals surface area contributed by atoms with Crippen molar-refractivity contribution >= 4 is 12.0 Å². The highest BCUT2D eigenvalue weighted by Crippen LogP contribution is 1.94. The summed E-state index contributed by atoms with van der Waals surface area (Å²) < 4.78 is 9.69. The number of ether oxygens (including phenoxy) is 2. The maximum atomic E-state index is 11.0. The van der Waals surface area contributed by atoms with Gasteiger partial charge in [-0.1, -0.05) is 0 Å². The molecule has 0 fully saturated rings. The van der Waals surface area contributed by atoms with Crippen molar-refractivity contribution in [3.8, 4) is 0 Å². The lowest BCUT2D eigenvalue weighted by molar-refractivity contribution is -0.137. The van der Waals surface area contributed by atoms with E-state index in [0.29, 0.717) is 6.61 Å². The first-order chi connectivity index (χ1) is 7.13. The summed E-state index contributed by atoms with van der Waals surface area (Å²) in [4.78, 5) is 22.0. The van der Waals surface area contributed by atoms with Crippen LogP contribution in [0.2, 0.25) is 0 Å². The van der Waals surface area contributed by atoms with E-state index in [1.54, 1.807) is 13.8 Å². The number of urea groups is 1. The molecule has 6 nitrogen and oxygen atoms in total. The van der Waals surface area contributed by atoms with Gasteiger partial charge in [-0.05, 0) is 13.8 Å². The summed E-state index contributed by atoms with van der Waals surface area (Å²) in [5.74, 6) is -0.493. The number of carbonyl (C=O) groups is 2. The van der Waals surface area contributed by atoms with E-state index in [1.807, 2.05) is 0 Å². The van der Waals surface area contributed by atoms with E-state index in [2.05, 4.69) is 15.4 Å². The molecular formula is C9H16N2O4. The third-order valence-corrected chi connectivity index (χ3v) is 1.30. The van der Waals surface area contributed by atoms with E-state index in [-0.39, 0.29) is 12.5 Å². The number of esters is 1. The largest absolute Gasteiger partial charge is 0.479 e. The van der Waals surface area contributed by atoms with Gasteiger partial charge in [-0.3, -0.25) is 5.32 Å². The molecule has 0 aliphatic carbocycles. The molecule has 0 radical (unpaired) electrons. The zero-order chi connectivity index (χ0) is 11.7. The Labute approximate surface area is 88.6 Å². The zero-order valence-corrected chi connectivity index (χ0v) is 9.12. The summed E-state index contributed by atoms with van der Waals surface area (Å²) in [6.07, 6.45) is 1.09. The van der Waals surface area contributed by atoms with Crippen molar-refractivity contribution in [1.82, 2.24) is 10.6 Å². The second-order valence-electron chi connectivity index (χ2n) is 2.40. The Morgan fingerprint density at radius 3 is 2.27 bits per heavy atom. The second-order valence-corrected chi connectivity index (χ2v) is 2.40. The smallest absolute Gasteiger partial charge is 0.336 e. The molecule has 0 atom stereocenters. The van der Waals surface area contributed by atoms with Crippen LogP contribution in [0, 0.1) is 0 Å². The van der Waals surface area contributed by atoms with Gasteiger partial charge in [0, 0.05) is 7.05 Å². The van der Waals surface area contributed by atoms with Crippen molar-refractivity contribution in [2.45, 2.75) is 13.8 Å². The number of hydrogen-bond donors (Lipinski definition) is 2. The second kappa shape index (κ2) is 7.66. The highest BCUT2D eigenvalue weighted by Gasteiger charge is 2.06. The van der Waals surface area contributed by atoms with Crippen LogP contribution in [0.4, 0.5) is 4.79 Å². The van der Waals surface area contributed by atoms with Gasteiger partial charge in [-0.25, -0.2) is 9.59 Å². The van der Waals surface area contributed by atoms with E-state index < -0.39 is 12.0 Å². The average molecular weight is 216 g/mol. The van der Waals surface area contributed by atoms with Crippen molar-refractivity contribution in [1.29, 1.82) is 0 Å². The fourth-order valence-corrected chi connectivity index (χ4v) is 0.735. The molecular weight excluding hydrogens is 200 g/mol. The molecule has 0 aromatic heterocycles. The van der Waals surface area contributed by atoms with E-state index in [4.69, 9.17) is 4.74 Å². The molecule has 0 saturated heterocycles. The minimum atomic E-state index is -0.558. The molecule has 0 spiro atoms. The molecule has 2 amide bonds. The van der Waals surface area contributed by atoms with Gasteiger partial charge < -0.3 is 14.8 Å². The molecule has 0 bridgehead atoms. The minimum Gasteiger partial charge on any atom is -0.479 e. The molecule has 0 aliphatic rings. The lowest BCUT2D eigenvalue weighted by Gasteiger charge is -2.09. The third kappa shape index (κ3) is 6.36. The number of nitrogens with one attached hydrogen (secondary N) is 2. The quantitative estimate of drug-likeness (QED) is 0.395. The summed E-state index contributed by atoms with van der Waals surface area (Å²) in [5, 5.41) is 4.68. The maximum Gasteiger partial charge on any atom is 0.336 e. The molecule has 86 valence electrons. The standard InChI is InChI=1S/C9H16N2O4/c1-4-14-7(11-9(13)10-3)6-8(12)15-5-2/h6H,4-5H2,1-3H3,(H2,10,11,13). The van der Waals surface area contributed by atoms with Crippen molar-refractivity contribution in [3.63, 3.8) is 0 Å². The highest BCUT2D eigenvalue weighted by atomic mass is 16.5. The summed E-state index contributed by atoms with van der Waals surface area (Å²) in [6, 6.07) is -0.459. The van der Waals surface area contributed by atoms with Crippen LogP contribution in [0.5, 0.6) is 0 Å². The van der Waals surface area contributed by atoms with Crippen LogP contribution in [0.15, 0.2) is 12.0 Å². The lowest BCUT2D eigenvalue weighted by atomic mass is 10.5. The summed E-state index contributed by atoms with van der Waals surface area (Å²) in [7, 11) is 1.46. The Morgan fingerprint density at radius 1 is 1.20 bits per heavy atom. The van der Waals surface area contributed by atoms with Gasteiger partial charge in [0.15, 0.2) is 0 Å². The molecule has 0 saturated carbocycles. The first-order valence-corrected chi connectivity index (χ1v) is 4.64. The topological polar surface area (TPSA) is 76.7 Å². The summed E-state index contributed by atoms with van der Waals surface area (Å²) in [6.45, 7) is 4.05. The van der Waals surface area contributed by atoms with Crippen LogP contribution in [0.25, 0.3) is 0 Å². The first kappa shape index (κ1) is 13.3. The number of carbonyl (C=O) groups excluding carboxylic acids is 2. The van der Waals surface area contributed by atoms with Gasteiger partial charge in [0.1, 0.15) is 0 Å². The Hall–Kier alpha value is -1.72. The van der Waals surface area contributed by atoms with Crippen molar-refractivity contribution < 1.29 is 19.1 Å². The first-order valence-electron chi connectivity index (χ1n) is 4.64. The van der Waals surface area contributed by atoms with Crippen LogP contribution in [0.3, 0.4) is 0 Å². The van der Waals surface area contributed by atoms with Crippen LogP contribution in [-0.4, -0.2) is 32.3 Å². The van der Waals surface area contributed by atoms with Crippen LogP contribution >= 0.6 is 0 Å². The highest BCUT2D eigenvalue weighted by molar-refractivity contribution is 5.84. The lowest BCUT2D eigenvalue weighted by Crippen LogP contribution is -2.33. The van der Waals surface area contributed by atoms with E-state index in [1.165, 1.54) is 7.05 Å². The molecule has 2 N–H and O–H groups in total. The summed E-state index contributed by atoms with van der Waals surface area (Å²) >= 11 is 0. The van der Waals surface area contributed by atoms with Crippen LogP contribution < -0.4 is 10.6 Å². The van der Waals surface area contributed by atoms with Crippen LogP contribution in [-0.2, 0) is 14.3 Å². The Bertz CT molecular complexity index is 250. The van der Waals surface area contributed by atoms with Crippen molar-refractivity contribution in [2.24, 2.45) is 0 Å². The molecule has 0 aromatic carbocycles. The third-order valence-electron chi connectivity index (χ3n) is 1.30. The van der Waals surface area contributed by atoms with Crippen molar-refractivity contribution in [3.05, 3.63) is 12.0 Å². The number of hydrogen-bond acceptors (Lipinski definition) is 4. The molecule has 15 heavy (non-hydrogen) atoms. The monoisotopic (exact) mass is 216 g/mol. The van der Waals surface area contributed by atoms with Crippen molar-refractivity contribution in [2.75, 3.05) is 20.3 Å². The predicted octanol–water partition coefficient (Wildman–Crippen LogP) is 0.356. The van der Waals surface area contributed by atoms with E-state index >= 15 is 0 Å². The predicted molar refractivity (Wildman–Crippen MR) is 53.9 cm³/mol.